The predicted molar refractivity (Wildman–Crippen MR) is 75.5 cm³/mol. The van der Waals surface area contributed by atoms with E-state index in [1.807, 2.05) is 0 Å². The summed E-state index contributed by atoms with van der Waals surface area (Å²) in [5, 5.41) is 0. The highest BCUT2D eigenvalue weighted by Crippen LogP contribution is 2.42. The molecule has 0 saturated heterocycles. The minimum Gasteiger partial charge on any atom is -0.369 e. The third kappa shape index (κ3) is 5.33. The van der Waals surface area contributed by atoms with Crippen LogP contribution < -0.4 is 5.73 Å². The number of primary amides is 1. The molecule has 5 nitrogen and oxygen atoms in total. The standard InChI is InChI=1S/C13H14F6N2O3S/c1-2-21(25(23,24)7-10(20)22)6-8-4-3-5-9(12(14,15)16)11(8)13(17,18)19/h3-5H,2,6-7H2,1H3,(H2,20,22). The molecule has 1 aromatic carbocycles. The van der Waals surface area contributed by atoms with E-state index in [1.165, 1.54) is 6.92 Å². The summed E-state index contributed by atoms with van der Waals surface area (Å²) in [4.78, 5) is 10.8. The number of nitrogens with two attached hydrogens (primary N) is 1. The van der Waals surface area contributed by atoms with E-state index in [2.05, 4.69) is 0 Å². The van der Waals surface area contributed by atoms with Crippen LogP contribution in [0.2, 0.25) is 0 Å². The van der Waals surface area contributed by atoms with E-state index in [9.17, 15) is 39.6 Å². The van der Waals surface area contributed by atoms with Crippen LogP contribution in [0.1, 0.15) is 23.6 Å². The van der Waals surface area contributed by atoms with Crippen molar-refractivity contribution < 1.29 is 39.6 Å². The van der Waals surface area contributed by atoms with Gasteiger partial charge in [0.25, 0.3) is 0 Å². The molecule has 1 rings (SSSR count). The Morgan fingerprint density at radius 3 is 2.08 bits per heavy atom. The second-order valence-corrected chi connectivity index (χ2v) is 6.95. The van der Waals surface area contributed by atoms with Crippen molar-refractivity contribution in [3.63, 3.8) is 0 Å². The summed E-state index contributed by atoms with van der Waals surface area (Å²) in [6.45, 7) is -0.0759. The van der Waals surface area contributed by atoms with Crippen molar-refractivity contribution in [3.8, 4) is 0 Å². The van der Waals surface area contributed by atoms with E-state index in [-0.39, 0.29) is 12.6 Å². The normalized spacial score (nSPS) is 13.3. The van der Waals surface area contributed by atoms with Crippen LogP contribution in [0.3, 0.4) is 0 Å². The van der Waals surface area contributed by atoms with Crippen LogP contribution in [0.5, 0.6) is 0 Å². The molecular weight excluding hydrogens is 378 g/mol. The lowest BCUT2D eigenvalue weighted by Crippen LogP contribution is -2.37. The first-order valence-corrected chi connectivity index (χ1v) is 8.33. The molecule has 25 heavy (non-hydrogen) atoms. The first kappa shape index (κ1) is 21.2. The van der Waals surface area contributed by atoms with Crippen LogP contribution in [0.15, 0.2) is 18.2 Å². The fraction of sp³-hybridized carbons (Fsp3) is 0.462. The molecule has 0 saturated carbocycles. The van der Waals surface area contributed by atoms with Crippen molar-refractivity contribution in [2.45, 2.75) is 25.8 Å². The number of nitrogens with zero attached hydrogens (tertiary/aromatic N) is 1. The van der Waals surface area contributed by atoms with Gasteiger partial charge in [-0.15, -0.1) is 0 Å². The third-order valence-corrected chi connectivity index (χ3v) is 4.98. The molecule has 0 aliphatic heterocycles. The van der Waals surface area contributed by atoms with Crippen LogP contribution in [0, 0.1) is 0 Å². The number of carbonyl (C=O) groups is 1. The molecule has 2 N–H and O–H groups in total. The summed E-state index contributed by atoms with van der Waals surface area (Å²) in [7, 11) is -4.37. The van der Waals surface area contributed by atoms with Gasteiger partial charge in [-0.05, 0) is 11.6 Å². The second-order valence-electron chi connectivity index (χ2n) is 4.98. The molecule has 0 aliphatic rings. The van der Waals surface area contributed by atoms with Crippen LogP contribution in [0.4, 0.5) is 26.3 Å². The van der Waals surface area contributed by atoms with Crippen LogP contribution in [-0.2, 0) is 33.7 Å². The van der Waals surface area contributed by atoms with Gasteiger partial charge in [0.15, 0.2) is 0 Å². The fourth-order valence-corrected chi connectivity index (χ4v) is 3.44. The highest BCUT2D eigenvalue weighted by molar-refractivity contribution is 7.89. The number of benzene rings is 1. The smallest absolute Gasteiger partial charge is 0.369 e. The summed E-state index contributed by atoms with van der Waals surface area (Å²) in [5.74, 6) is -2.40. The topological polar surface area (TPSA) is 80.5 Å². The lowest BCUT2D eigenvalue weighted by atomic mass is 10.00. The molecule has 0 spiro atoms. The van der Waals surface area contributed by atoms with Gasteiger partial charge in [0.2, 0.25) is 15.9 Å². The maximum atomic E-state index is 13.2. The lowest BCUT2D eigenvalue weighted by molar-refractivity contribution is -0.162. The fourth-order valence-electron chi connectivity index (χ4n) is 2.17. The Kier molecular flexibility index (Phi) is 6.11. The van der Waals surface area contributed by atoms with Gasteiger partial charge in [0.1, 0.15) is 5.75 Å². The Balaban J connectivity index is 3.45. The number of halogens is 6. The average molecular weight is 392 g/mol. The van der Waals surface area contributed by atoms with Gasteiger partial charge in [-0.3, -0.25) is 4.79 Å². The molecule has 12 heteroatoms. The van der Waals surface area contributed by atoms with Crippen molar-refractivity contribution in [1.29, 1.82) is 0 Å². The first-order chi connectivity index (χ1) is 11.2. The van der Waals surface area contributed by atoms with Crippen LogP contribution >= 0.6 is 0 Å². The Hall–Kier alpha value is -1.82. The maximum Gasteiger partial charge on any atom is 0.417 e. The van der Waals surface area contributed by atoms with Crippen molar-refractivity contribution >= 4 is 15.9 Å². The Morgan fingerprint density at radius 1 is 1.12 bits per heavy atom. The number of hydrogen-bond acceptors (Lipinski definition) is 3. The molecule has 1 aromatic rings. The molecule has 0 atom stereocenters. The van der Waals surface area contributed by atoms with E-state index in [0.717, 1.165) is 12.1 Å². The van der Waals surface area contributed by atoms with Crippen molar-refractivity contribution in [2.75, 3.05) is 12.3 Å². The molecule has 0 fully saturated rings. The van der Waals surface area contributed by atoms with E-state index >= 15 is 0 Å². The van der Waals surface area contributed by atoms with Gasteiger partial charge >= 0.3 is 12.4 Å². The second kappa shape index (κ2) is 7.20. The SMILES string of the molecule is CCN(Cc1cccc(C(F)(F)F)c1C(F)(F)F)S(=O)(=O)CC(N)=O. The molecule has 142 valence electrons. The molecule has 0 aliphatic carbocycles. The maximum absolute atomic E-state index is 13.2. The molecular formula is C13H14F6N2O3S. The van der Waals surface area contributed by atoms with Crippen molar-refractivity contribution in [2.24, 2.45) is 5.73 Å². The molecule has 0 unspecified atom stereocenters. The van der Waals surface area contributed by atoms with E-state index in [1.54, 1.807) is 0 Å². The van der Waals surface area contributed by atoms with Gasteiger partial charge in [0, 0.05) is 13.1 Å². The number of sulfonamides is 1. The van der Waals surface area contributed by atoms with Crippen LogP contribution in [0.25, 0.3) is 0 Å². The van der Waals surface area contributed by atoms with Crippen molar-refractivity contribution in [1.82, 2.24) is 4.31 Å². The van der Waals surface area contributed by atoms with E-state index in [4.69, 9.17) is 5.73 Å². The summed E-state index contributed by atoms with van der Waals surface area (Å²) in [6, 6.07) is 1.77. The van der Waals surface area contributed by atoms with Gasteiger partial charge in [-0.2, -0.15) is 30.6 Å². The van der Waals surface area contributed by atoms with Gasteiger partial charge in [0.05, 0.1) is 11.1 Å². The molecule has 1 amide bonds. The number of alkyl halides is 6. The number of hydrogen-bond donors (Lipinski definition) is 1. The highest BCUT2D eigenvalue weighted by Gasteiger charge is 2.45. The first-order valence-electron chi connectivity index (χ1n) is 6.72. The zero-order valence-electron chi connectivity index (χ0n) is 12.8. The minimum absolute atomic E-state index is 0.264. The average Bonchev–Trinajstić information content (AvgIpc) is 2.40. The molecule has 0 heterocycles. The Morgan fingerprint density at radius 2 is 1.68 bits per heavy atom. The zero-order valence-corrected chi connectivity index (χ0v) is 13.6. The molecule has 0 bridgehead atoms. The van der Waals surface area contributed by atoms with Crippen molar-refractivity contribution in [3.05, 3.63) is 34.9 Å². The summed E-state index contributed by atoms with van der Waals surface area (Å²) < 4.78 is 102. The largest absolute Gasteiger partial charge is 0.417 e. The number of amides is 1. The van der Waals surface area contributed by atoms with E-state index < -0.39 is 57.3 Å². The Bertz CT molecular complexity index is 743. The lowest BCUT2D eigenvalue weighted by Gasteiger charge is -2.24. The Labute approximate surface area is 139 Å². The van der Waals surface area contributed by atoms with Gasteiger partial charge in [-0.1, -0.05) is 19.1 Å². The summed E-state index contributed by atoms with van der Waals surface area (Å²) in [5.41, 5.74) is 0.0151. The quantitative estimate of drug-likeness (QED) is 0.755. The summed E-state index contributed by atoms with van der Waals surface area (Å²) in [6.07, 6.45) is -10.6. The third-order valence-electron chi connectivity index (χ3n) is 3.16. The van der Waals surface area contributed by atoms with Gasteiger partial charge < -0.3 is 5.73 Å². The monoisotopic (exact) mass is 392 g/mol. The molecule has 0 radical (unpaired) electrons. The summed E-state index contributed by atoms with van der Waals surface area (Å²) >= 11 is 0. The number of rotatable bonds is 6. The highest BCUT2D eigenvalue weighted by atomic mass is 32.2. The molecule has 0 aromatic heterocycles. The predicted octanol–water partition coefficient (Wildman–Crippen LogP) is 2.36. The minimum atomic E-state index is -5.35. The van der Waals surface area contributed by atoms with Crippen LogP contribution in [-0.4, -0.2) is 30.9 Å². The van der Waals surface area contributed by atoms with E-state index in [0.29, 0.717) is 4.31 Å². The number of carbonyl (C=O) groups excluding carboxylic acids is 1. The van der Waals surface area contributed by atoms with Gasteiger partial charge in [-0.25, -0.2) is 8.42 Å². The zero-order chi connectivity index (χ0) is 19.6.